The largest absolute Gasteiger partial charge is 0.487 e. The minimum absolute atomic E-state index is 0.00151. The van der Waals surface area contributed by atoms with Gasteiger partial charge in [0.1, 0.15) is 47.2 Å². The molecule has 0 saturated carbocycles. The summed E-state index contributed by atoms with van der Waals surface area (Å²) in [6, 6.07) is 11.0. The highest BCUT2D eigenvalue weighted by atomic mass is 35.5. The standard InChI is InChI=1S/C37H32ClF3N6O4S/c1-17(2)44-34(48)19-6-3-5-18(11-19)24-15-49-31-27-30(45-36(46-35(27)51-24)50-16-37-9-4-10-47(37)14-20(39)12-37)29(41)26(28(31)38)21-7-8-23(40)32-25(21)22(13-42)33(43)52-32/h3,5-8,11,17,20,24H,4,9-10,12,14-16,43H2,1-2H3,(H,44,48)/t20-,24?,37?/m1/s1. The van der Waals surface area contributed by atoms with Gasteiger partial charge >= 0.3 is 6.01 Å². The molecule has 5 heterocycles. The number of nitrogens with two attached hydrogens (primary N) is 1. The molecule has 2 aromatic heterocycles. The Balaban J connectivity index is 1.29. The summed E-state index contributed by atoms with van der Waals surface area (Å²) >= 11 is 7.88. The summed E-state index contributed by atoms with van der Waals surface area (Å²) in [4.78, 5) is 24.0. The molecule has 2 fully saturated rings. The third kappa shape index (κ3) is 5.62. The number of halogens is 4. The van der Waals surface area contributed by atoms with Crippen molar-refractivity contribution in [3.63, 3.8) is 0 Å². The van der Waals surface area contributed by atoms with E-state index in [2.05, 4.69) is 20.2 Å². The molecule has 8 rings (SSSR count). The van der Waals surface area contributed by atoms with Crippen molar-refractivity contribution >= 4 is 54.8 Å². The molecule has 3 N–H and O–H groups in total. The Bertz CT molecular complexity index is 2330. The molecular formula is C37H32ClF3N6O4S. The number of thiophene rings is 1. The molecule has 3 aliphatic rings. The van der Waals surface area contributed by atoms with Crippen molar-refractivity contribution in [1.82, 2.24) is 20.2 Å². The highest BCUT2D eigenvalue weighted by Crippen LogP contribution is 2.51. The highest BCUT2D eigenvalue weighted by molar-refractivity contribution is 7.23. The van der Waals surface area contributed by atoms with Crippen molar-refractivity contribution in [3.8, 4) is 34.8 Å². The van der Waals surface area contributed by atoms with Crippen molar-refractivity contribution in [1.29, 1.82) is 5.26 Å². The van der Waals surface area contributed by atoms with Gasteiger partial charge in [-0.1, -0.05) is 29.8 Å². The molecule has 0 spiro atoms. The lowest BCUT2D eigenvalue weighted by atomic mass is 9.95. The van der Waals surface area contributed by atoms with E-state index in [-0.39, 0.29) is 90.5 Å². The number of anilines is 1. The molecule has 268 valence electrons. The van der Waals surface area contributed by atoms with Crippen LogP contribution in [0.3, 0.4) is 0 Å². The summed E-state index contributed by atoms with van der Waals surface area (Å²) in [5.41, 5.74) is 6.17. The summed E-state index contributed by atoms with van der Waals surface area (Å²) in [6.07, 6.45) is 0.0699. The first kappa shape index (κ1) is 34.3. The monoisotopic (exact) mass is 748 g/mol. The fraction of sp³-hybridized carbons (Fsp3) is 0.351. The predicted molar refractivity (Wildman–Crippen MR) is 191 cm³/mol. The number of carbonyl (C=O) groups is 1. The van der Waals surface area contributed by atoms with Gasteiger partial charge in [-0.2, -0.15) is 15.2 Å². The van der Waals surface area contributed by atoms with Crippen molar-refractivity contribution in [2.24, 2.45) is 0 Å². The first-order chi connectivity index (χ1) is 25.0. The number of amides is 1. The molecule has 5 aromatic rings. The molecule has 3 atom stereocenters. The quantitative estimate of drug-likeness (QED) is 0.173. The van der Waals surface area contributed by atoms with E-state index >= 15 is 8.78 Å². The third-order valence-electron chi connectivity index (χ3n) is 9.93. The van der Waals surface area contributed by atoms with Crippen LogP contribution in [0.5, 0.6) is 17.6 Å². The number of nitrogen functional groups attached to an aromatic ring is 1. The van der Waals surface area contributed by atoms with Crippen LogP contribution in [0.15, 0.2) is 36.4 Å². The lowest BCUT2D eigenvalue weighted by Gasteiger charge is -2.30. The van der Waals surface area contributed by atoms with Gasteiger partial charge in [-0.25, -0.2) is 13.2 Å². The van der Waals surface area contributed by atoms with E-state index < -0.39 is 29.4 Å². The zero-order valence-corrected chi connectivity index (χ0v) is 29.6. The number of hydrogen-bond donors (Lipinski definition) is 2. The lowest BCUT2D eigenvalue weighted by molar-refractivity contribution is 0.0942. The van der Waals surface area contributed by atoms with E-state index in [1.54, 1.807) is 24.3 Å². The van der Waals surface area contributed by atoms with E-state index in [1.807, 2.05) is 19.9 Å². The predicted octanol–water partition coefficient (Wildman–Crippen LogP) is 7.50. The fourth-order valence-electron chi connectivity index (χ4n) is 7.62. The number of alkyl halides is 1. The minimum Gasteiger partial charge on any atom is -0.487 e. The Morgan fingerprint density at radius 3 is 2.88 bits per heavy atom. The summed E-state index contributed by atoms with van der Waals surface area (Å²) in [6.45, 7) is 4.71. The Labute approximate surface area is 305 Å². The van der Waals surface area contributed by atoms with Crippen LogP contribution in [0.1, 0.15) is 60.7 Å². The molecule has 3 aromatic carbocycles. The van der Waals surface area contributed by atoms with Gasteiger partial charge in [0.2, 0.25) is 5.88 Å². The third-order valence-corrected chi connectivity index (χ3v) is 11.3. The second-order valence-corrected chi connectivity index (χ2v) is 15.1. The Kier molecular flexibility index (Phi) is 8.55. The Morgan fingerprint density at radius 1 is 1.27 bits per heavy atom. The number of hydrogen-bond acceptors (Lipinski definition) is 10. The van der Waals surface area contributed by atoms with Crippen LogP contribution in [-0.2, 0) is 0 Å². The Hall–Kier alpha value is -4.84. The number of carbonyl (C=O) groups excluding carboxylic acids is 1. The van der Waals surface area contributed by atoms with Gasteiger partial charge in [0, 0.05) is 35.5 Å². The van der Waals surface area contributed by atoms with Crippen molar-refractivity contribution in [2.75, 3.05) is 32.0 Å². The van der Waals surface area contributed by atoms with E-state index in [0.717, 1.165) is 36.8 Å². The van der Waals surface area contributed by atoms with Crippen molar-refractivity contribution in [2.45, 2.75) is 57.0 Å². The van der Waals surface area contributed by atoms with Crippen molar-refractivity contribution in [3.05, 3.63) is 69.7 Å². The van der Waals surface area contributed by atoms with Gasteiger partial charge in [-0.15, -0.1) is 11.3 Å². The topological polar surface area (TPSA) is 136 Å². The number of ether oxygens (including phenoxy) is 3. The average molecular weight is 749 g/mol. The number of rotatable bonds is 7. The molecule has 52 heavy (non-hydrogen) atoms. The number of nitrogens with zero attached hydrogens (tertiary/aromatic N) is 4. The van der Waals surface area contributed by atoms with Crippen LogP contribution in [0.2, 0.25) is 5.02 Å². The normalized spacial score (nSPS) is 21.1. The molecule has 3 aliphatic heterocycles. The molecule has 0 radical (unpaired) electrons. The molecule has 0 aliphatic carbocycles. The van der Waals surface area contributed by atoms with Crippen LogP contribution < -0.4 is 25.3 Å². The zero-order valence-electron chi connectivity index (χ0n) is 28.1. The SMILES string of the molecule is CC(C)NC(=O)c1cccc(C2COc3c(Cl)c(-c4ccc(F)c5sc(N)c(C#N)c45)c(F)c4nc(OCC56CCCN5C[C@H](F)C6)nc(c34)O2)c1. The van der Waals surface area contributed by atoms with Gasteiger partial charge in [-0.3, -0.25) is 9.69 Å². The smallest absolute Gasteiger partial charge is 0.320 e. The number of nitrogens with one attached hydrogen (secondary N) is 1. The Morgan fingerprint density at radius 2 is 2.10 bits per heavy atom. The van der Waals surface area contributed by atoms with E-state index in [0.29, 0.717) is 24.1 Å². The summed E-state index contributed by atoms with van der Waals surface area (Å²) in [5, 5.41) is 12.9. The lowest BCUT2D eigenvalue weighted by Crippen LogP contribution is -2.43. The van der Waals surface area contributed by atoms with Gasteiger partial charge < -0.3 is 25.3 Å². The zero-order chi connectivity index (χ0) is 36.5. The van der Waals surface area contributed by atoms with E-state index in [9.17, 15) is 14.4 Å². The summed E-state index contributed by atoms with van der Waals surface area (Å²) < 4.78 is 65.7. The maximum absolute atomic E-state index is 17.1. The molecule has 1 amide bonds. The number of benzene rings is 3. The molecule has 10 nitrogen and oxygen atoms in total. The highest BCUT2D eigenvalue weighted by Gasteiger charge is 2.49. The van der Waals surface area contributed by atoms with Gasteiger partial charge in [-0.05, 0) is 62.6 Å². The maximum Gasteiger partial charge on any atom is 0.320 e. The van der Waals surface area contributed by atoms with Crippen LogP contribution in [-0.4, -0.2) is 64.8 Å². The molecule has 2 unspecified atom stereocenters. The number of aromatic nitrogens is 2. The summed E-state index contributed by atoms with van der Waals surface area (Å²) in [5.74, 6) is -1.90. The molecule has 2 saturated heterocycles. The van der Waals surface area contributed by atoms with Crippen LogP contribution in [0, 0.1) is 23.0 Å². The first-order valence-corrected chi connectivity index (χ1v) is 18.0. The van der Waals surface area contributed by atoms with Crippen LogP contribution >= 0.6 is 22.9 Å². The maximum atomic E-state index is 17.1. The second kappa shape index (κ2) is 13.0. The second-order valence-electron chi connectivity index (χ2n) is 13.7. The number of fused-ring (bicyclic) bond motifs is 2. The average Bonchev–Trinajstić information content (AvgIpc) is 3.71. The van der Waals surface area contributed by atoms with Crippen LogP contribution in [0.4, 0.5) is 18.2 Å². The van der Waals surface area contributed by atoms with E-state index in [1.165, 1.54) is 6.07 Å². The minimum atomic E-state index is -0.993. The van der Waals surface area contributed by atoms with Crippen molar-refractivity contribution < 1.29 is 32.2 Å². The molecular weight excluding hydrogens is 717 g/mol. The van der Waals surface area contributed by atoms with Gasteiger partial charge in [0.25, 0.3) is 5.91 Å². The first-order valence-electron chi connectivity index (χ1n) is 16.8. The number of nitriles is 1. The molecule has 15 heteroatoms. The fourth-order valence-corrected chi connectivity index (χ4v) is 8.90. The van der Waals surface area contributed by atoms with E-state index in [4.69, 9.17) is 31.5 Å². The van der Waals surface area contributed by atoms with Gasteiger partial charge in [0.15, 0.2) is 17.7 Å². The molecule has 0 bridgehead atoms. The van der Waals surface area contributed by atoms with Crippen LogP contribution in [0.25, 0.3) is 32.1 Å². The van der Waals surface area contributed by atoms with Gasteiger partial charge in [0.05, 0.1) is 20.8 Å². The summed E-state index contributed by atoms with van der Waals surface area (Å²) in [7, 11) is 0.